The number of aryl methyl sites for hydroxylation is 1. The van der Waals surface area contributed by atoms with Gasteiger partial charge < -0.3 is 5.32 Å². The van der Waals surface area contributed by atoms with Crippen molar-refractivity contribution in [3.05, 3.63) is 59.6 Å². The first-order valence-corrected chi connectivity index (χ1v) is 12.6. The molecule has 184 valence electrons. The van der Waals surface area contributed by atoms with Gasteiger partial charge in [0, 0.05) is 17.1 Å². The molecule has 5 rings (SSSR count). The van der Waals surface area contributed by atoms with E-state index in [0.29, 0.717) is 17.0 Å². The van der Waals surface area contributed by atoms with Crippen molar-refractivity contribution in [1.29, 1.82) is 0 Å². The molecule has 2 aromatic carbocycles. The van der Waals surface area contributed by atoms with Gasteiger partial charge in [-0.2, -0.15) is 0 Å². The molecule has 0 saturated heterocycles. The lowest BCUT2D eigenvalue weighted by Crippen LogP contribution is -2.36. The van der Waals surface area contributed by atoms with Gasteiger partial charge in [-0.1, -0.05) is 12.1 Å². The van der Waals surface area contributed by atoms with Crippen LogP contribution in [0.15, 0.2) is 36.5 Å². The Kier molecular flexibility index (Phi) is 5.07. The number of halogens is 3. The van der Waals surface area contributed by atoms with E-state index in [0.717, 1.165) is 3.97 Å². The molecule has 1 N–H and O–H groups in total. The Bertz CT molecular complexity index is 1600. The molecule has 0 bridgehead atoms. The Labute approximate surface area is 200 Å². The number of anilines is 1. The van der Waals surface area contributed by atoms with Crippen LogP contribution in [0.1, 0.15) is 51.3 Å². The van der Waals surface area contributed by atoms with E-state index in [4.69, 9.17) is 0 Å². The van der Waals surface area contributed by atoms with Gasteiger partial charge >= 0.3 is 0 Å². The second-order valence-corrected chi connectivity index (χ2v) is 11.8. The van der Waals surface area contributed by atoms with Gasteiger partial charge in [0.15, 0.2) is 5.82 Å². The van der Waals surface area contributed by atoms with Crippen LogP contribution in [0.2, 0.25) is 0 Å². The topological polar surface area (TPSA) is 81.8 Å². The van der Waals surface area contributed by atoms with Gasteiger partial charge in [-0.05, 0) is 58.4 Å². The highest BCUT2D eigenvalue weighted by molar-refractivity contribution is 7.90. The molecule has 0 aliphatic carbocycles. The van der Waals surface area contributed by atoms with E-state index < -0.39 is 38.6 Å². The molecule has 35 heavy (non-hydrogen) atoms. The summed E-state index contributed by atoms with van der Waals surface area (Å²) in [7, 11) is -3.72. The van der Waals surface area contributed by atoms with Crippen molar-refractivity contribution in [3.63, 3.8) is 0 Å². The predicted molar refractivity (Wildman–Crippen MR) is 128 cm³/mol. The number of aromatic nitrogens is 4. The second-order valence-electron chi connectivity index (χ2n) is 9.44. The average Bonchev–Trinajstić information content (AvgIpc) is 3.37. The fraction of sp³-hybridized carbons (Fsp3) is 0.333. The van der Waals surface area contributed by atoms with Gasteiger partial charge in [-0.25, -0.2) is 25.6 Å². The van der Waals surface area contributed by atoms with Crippen LogP contribution in [-0.4, -0.2) is 32.4 Å². The summed E-state index contributed by atoms with van der Waals surface area (Å²) in [6.07, 6.45) is -1.67. The van der Waals surface area contributed by atoms with E-state index in [1.807, 2.05) is 13.8 Å². The van der Waals surface area contributed by atoms with Crippen LogP contribution in [0.5, 0.6) is 0 Å². The summed E-state index contributed by atoms with van der Waals surface area (Å²) >= 11 is 0. The van der Waals surface area contributed by atoms with E-state index in [-0.39, 0.29) is 28.0 Å². The first-order chi connectivity index (χ1) is 16.4. The molecular weight excluding hydrogens is 479 g/mol. The van der Waals surface area contributed by atoms with E-state index in [2.05, 4.69) is 15.5 Å². The maximum atomic E-state index is 15.7. The van der Waals surface area contributed by atoms with Gasteiger partial charge in [-0.3, -0.25) is 4.57 Å². The molecule has 1 aliphatic rings. The van der Waals surface area contributed by atoms with Crippen LogP contribution in [0.4, 0.5) is 18.9 Å². The standard InChI is InChI=1S/C24H24F3N5O2S/c1-12(2)35(33,34)31-10-9-14-15(7-6-8-18(14)31)19-16(25)11-17-21(20(19)22(26)27)32-13(3)29-30-23(32)24(4,5)28-17/h6-12,22,28H,1-5H3. The third-order valence-electron chi connectivity index (χ3n) is 6.40. The zero-order chi connectivity index (χ0) is 25.4. The molecule has 0 radical (unpaired) electrons. The quantitative estimate of drug-likeness (QED) is 0.397. The fourth-order valence-electron chi connectivity index (χ4n) is 4.72. The minimum Gasteiger partial charge on any atom is -0.371 e. The largest absolute Gasteiger partial charge is 0.371 e. The van der Waals surface area contributed by atoms with Crippen LogP contribution in [0.3, 0.4) is 0 Å². The summed E-state index contributed by atoms with van der Waals surface area (Å²) in [5.74, 6) is -0.0273. The van der Waals surface area contributed by atoms with Crippen molar-refractivity contribution in [1.82, 2.24) is 18.7 Å². The number of nitrogens with zero attached hydrogens (tertiary/aromatic N) is 4. The Balaban J connectivity index is 1.87. The summed E-state index contributed by atoms with van der Waals surface area (Å²) < 4.78 is 73.5. The highest BCUT2D eigenvalue weighted by Crippen LogP contribution is 2.47. The maximum absolute atomic E-state index is 15.7. The molecule has 0 spiro atoms. The number of hydrogen-bond acceptors (Lipinski definition) is 5. The summed E-state index contributed by atoms with van der Waals surface area (Å²) in [6, 6.07) is 7.33. The van der Waals surface area contributed by atoms with Crippen LogP contribution in [-0.2, 0) is 15.6 Å². The highest BCUT2D eigenvalue weighted by atomic mass is 32.2. The fourth-order valence-corrected chi connectivity index (χ4v) is 5.84. The molecule has 0 unspecified atom stereocenters. The Hall–Kier alpha value is -3.34. The first kappa shape index (κ1) is 23.4. The van der Waals surface area contributed by atoms with Crippen LogP contribution in [0, 0.1) is 12.7 Å². The van der Waals surface area contributed by atoms with E-state index in [1.165, 1.54) is 35.0 Å². The Morgan fingerprint density at radius 1 is 1.11 bits per heavy atom. The summed E-state index contributed by atoms with van der Waals surface area (Å²) in [5, 5.41) is 11.0. The van der Waals surface area contributed by atoms with Crippen LogP contribution < -0.4 is 5.32 Å². The normalized spacial score (nSPS) is 14.9. The number of alkyl halides is 2. The van der Waals surface area contributed by atoms with Crippen molar-refractivity contribution in [2.75, 3.05) is 5.32 Å². The molecule has 11 heteroatoms. The van der Waals surface area contributed by atoms with Gasteiger partial charge in [0.25, 0.3) is 6.43 Å². The second kappa shape index (κ2) is 7.58. The number of nitrogens with one attached hydrogen (secondary N) is 1. The van der Waals surface area contributed by atoms with Crippen LogP contribution in [0.25, 0.3) is 27.7 Å². The average molecular weight is 504 g/mol. The first-order valence-electron chi connectivity index (χ1n) is 11.1. The molecular formula is C24H24F3N5O2S. The molecule has 0 atom stereocenters. The lowest BCUT2D eigenvalue weighted by Gasteiger charge is -2.35. The number of hydrogen-bond donors (Lipinski definition) is 1. The minimum absolute atomic E-state index is 0.0828. The molecule has 0 amide bonds. The number of fused-ring (bicyclic) bond motifs is 4. The summed E-state index contributed by atoms with van der Waals surface area (Å²) in [4.78, 5) is 0. The molecule has 0 fully saturated rings. The Morgan fingerprint density at radius 2 is 1.83 bits per heavy atom. The monoisotopic (exact) mass is 503 g/mol. The van der Waals surface area contributed by atoms with E-state index in [9.17, 15) is 17.2 Å². The van der Waals surface area contributed by atoms with Crippen molar-refractivity contribution in [3.8, 4) is 16.8 Å². The SMILES string of the molecule is Cc1nnc2n1-c1c(cc(F)c(-c3cccc4c3ccn4S(=O)(=O)C(C)C)c1C(F)F)NC2(C)C. The van der Waals surface area contributed by atoms with E-state index in [1.54, 1.807) is 26.8 Å². The van der Waals surface area contributed by atoms with Gasteiger partial charge in [0.1, 0.15) is 11.6 Å². The molecule has 4 aromatic rings. The van der Waals surface area contributed by atoms with Crippen molar-refractivity contribution < 1.29 is 21.6 Å². The third kappa shape index (κ3) is 3.28. The molecule has 7 nitrogen and oxygen atoms in total. The lowest BCUT2D eigenvalue weighted by molar-refractivity contribution is 0.151. The maximum Gasteiger partial charge on any atom is 0.266 e. The molecule has 2 aromatic heterocycles. The zero-order valence-electron chi connectivity index (χ0n) is 19.8. The lowest BCUT2D eigenvalue weighted by atomic mass is 9.91. The van der Waals surface area contributed by atoms with Gasteiger partial charge in [0.05, 0.1) is 33.2 Å². The van der Waals surface area contributed by atoms with Crippen molar-refractivity contribution in [2.24, 2.45) is 0 Å². The van der Waals surface area contributed by atoms with Crippen molar-refractivity contribution >= 4 is 26.6 Å². The van der Waals surface area contributed by atoms with Gasteiger partial charge in [0.2, 0.25) is 10.0 Å². The number of rotatable bonds is 4. The number of benzene rings is 2. The van der Waals surface area contributed by atoms with Crippen LogP contribution >= 0.6 is 0 Å². The minimum atomic E-state index is -3.72. The van der Waals surface area contributed by atoms with Gasteiger partial charge in [-0.15, -0.1) is 10.2 Å². The van der Waals surface area contributed by atoms with Crippen molar-refractivity contribution in [2.45, 2.75) is 51.8 Å². The smallest absolute Gasteiger partial charge is 0.266 e. The molecule has 3 heterocycles. The summed E-state index contributed by atoms with van der Waals surface area (Å²) in [5.41, 5.74) is -0.830. The Morgan fingerprint density at radius 3 is 2.49 bits per heavy atom. The zero-order valence-corrected chi connectivity index (χ0v) is 20.6. The molecule has 0 saturated carbocycles. The highest BCUT2D eigenvalue weighted by Gasteiger charge is 2.39. The van der Waals surface area contributed by atoms with E-state index >= 15 is 4.39 Å². The molecule has 1 aliphatic heterocycles. The third-order valence-corrected chi connectivity index (χ3v) is 8.46. The predicted octanol–water partition coefficient (Wildman–Crippen LogP) is 5.52. The summed E-state index contributed by atoms with van der Waals surface area (Å²) in [6.45, 7) is 8.37.